The predicted octanol–water partition coefficient (Wildman–Crippen LogP) is 4.96. The van der Waals surface area contributed by atoms with Crippen LogP contribution in [0.1, 0.15) is 23.7 Å². The zero-order chi connectivity index (χ0) is 23.7. The van der Waals surface area contributed by atoms with Gasteiger partial charge in [0.2, 0.25) is 5.91 Å². The lowest BCUT2D eigenvalue weighted by molar-refractivity contribution is -0.117. The number of aliphatic hydroxyl groups excluding tert-OH is 1. The Morgan fingerprint density at radius 2 is 1.82 bits per heavy atom. The van der Waals surface area contributed by atoms with Gasteiger partial charge in [-0.25, -0.2) is 4.98 Å². The van der Waals surface area contributed by atoms with Crippen LogP contribution in [0.15, 0.2) is 72.8 Å². The van der Waals surface area contributed by atoms with Crippen LogP contribution in [0.3, 0.4) is 0 Å². The molecule has 0 spiro atoms. The van der Waals surface area contributed by atoms with Crippen LogP contribution < -0.4 is 9.64 Å². The number of aryl methyl sites for hydroxylation is 1. The molecule has 34 heavy (non-hydrogen) atoms. The van der Waals surface area contributed by atoms with Crippen LogP contribution >= 0.6 is 11.6 Å². The third kappa shape index (κ3) is 4.65. The summed E-state index contributed by atoms with van der Waals surface area (Å²) >= 11 is 6.01. The largest absolute Gasteiger partial charge is 0.491 e. The number of hydrogen-bond acceptors (Lipinski definition) is 4. The number of hydrogen-bond donors (Lipinski definition) is 1. The SMILES string of the molecule is Cc1ccc(OC[C@H](O)Cn2c([C@H]3CC(=O)N(c4ccc(Cl)cc4)C3)nc3ccccc32)cc1. The molecule has 1 N–H and O–H groups in total. The van der Waals surface area contributed by atoms with E-state index in [0.717, 1.165) is 33.9 Å². The van der Waals surface area contributed by atoms with E-state index in [-0.39, 0.29) is 18.4 Å². The van der Waals surface area contributed by atoms with E-state index < -0.39 is 6.10 Å². The maximum atomic E-state index is 12.9. The average Bonchev–Trinajstić information content (AvgIpc) is 3.40. The molecule has 6 nitrogen and oxygen atoms in total. The first-order valence-electron chi connectivity index (χ1n) is 11.4. The minimum absolute atomic E-state index is 0.0502. The van der Waals surface area contributed by atoms with E-state index in [0.29, 0.717) is 24.5 Å². The molecule has 2 atom stereocenters. The Labute approximate surface area is 203 Å². The third-order valence-electron chi connectivity index (χ3n) is 6.17. The zero-order valence-corrected chi connectivity index (χ0v) is 19.7. The molecule has 1 aromatic heterocycles. The smallest absolute Gasteiger partial charge is 0.227 e. The number of rotatable bonds is 7. The van der Waals surface area contributed by atoms with Crippen molar-refractivity contribution in [3.05, 3.63) is 89.2 Å². The first-order valence-corrected chi connectivity index (χ1v) is 11.7. The summed E-state index contributed by atoms with van der Waals surface area (Å²) in [5.74, 6) is 1.50. The number of halogens is 1. The van der Waals surface area contributed by atoms with Gasteiger partial charge in [-0.15, -0.1) is 0 Å². The van der Waals surface area contributed by atoms with Crippen LogP contribution in [0.5, 0.6) is 5.75 Å². The van der Waals surface area contributed by atoms with Crippen molar-refractivity contribution >= 4 is 34.2 Å². The van der Waals surface area contributed by atoms with E-state index in [9.17, 15) is 9.90 Å². The van der Waals surface area contributed by atoms with Crippen LogP contribution in [-0.2, 0) is 11.3 Å². The Hall–Kier alpha value is -3.35. The normalized spacial score (nSPS) is 16.9. The monoisotopic (exact) mass is 475 g/mol. The Morgan fingerprint density at radius 3 is 2.59 bits per heavy atom. The fourth-order valence-electron chi connectivity index (χ4n) is 4.44. The summed E-state index contributed by atoms with van der Waals surface area (Å²) in [5.41, 5.74) is 3.76. The minimum atomic E-state index is -0.734. The van der Waals surface area contributed by atoms with Gasteiger partial charge in [0.05, 0.1) is 17.6 Å². The second kappa shape index (κ2) is 9.49. The average molecular weight is 476 g/mol. The number of para-hydroxylation sites is 2. The highest BCUT2D eigenvalue weighted by Crippen LogP contribution is 2.33. The molecular weight excluding hydrogens is 450 g/mol. The van der Waals surface area contributed by atoms with Crippen LogP contribution in [0.2, 0.25) is 5.02 Å². The maximum absolute atomic E-state index is 12.9. The summed E-state index contributed by atoms with van der Waals surface area (Å²) in [7, 11) is 0. The van der Waals surface area contributed by atoms with E-state index in [1.165, 1.54) is 0 Å². The Bertz CT molecular complexity index is 1300. The van der Waals surface area contributed by atoms with Crippen molar-refractivity contribution < 1.29 is 14.6 Å². The summed E-state index contributed by atoms with van der Waals surface area (Å²) in [6.45, 7) is 3.04. The number of anilines is 1. The molecule has 0 saturated carbocycles. The van der Waals surface area contributed by atoms with E-state index in [4.69, 9.17) is 21.3 Å². The second-order valence-electron chi connectivity index (χ2n) is 8.73. The first-order chi connectivity index (χ1) is 16.5. The number of carbonyl (C=O) groups is 1. The Morgan fingerprint density at radius 1 is 1.09 bits per heavy atom. The lowest BCUT2D eigenvalue weighted by Gasteiger charge is -2.19. The van der Waals surface area contributed by atoms with E-state index in [1.54, 1.807) is 17.0 Å². The zero-order valence-electron chi connectivity index (χ0n) is 18.9. The second-order valence-corrected chi connectivity index (χ2v) is 9.17. The van der Waals surface area contributed by atoms with Gasteiger partial charge >= 0.3 is 0 Å². The number of fused-ring (bicyclic) bond motifs is 1. The lowest BCUT2D eigenvalue weighted by Crippen LogP contribution is -2.26. The van der Waals surface area contributed by atoms with Crippen molar-refractivity contribution in [3.63, 3.8) is 0 Å². The van der Waals surface area contributed by atoms with Crippen molar-refractivity contribution in [2.24, 2.45) is 0 Å². The molecule has 1 saturated heterocycles. The van der Waals surface area contributed by atoms with Gasteiger partial charge in [0.15, 0.2) is 0 Å². The first kappa shape index (κ1) is 22.4. The molecule has 1 aliphatic rings. The molecule has 0 unspecified atom stereocenters. The number of nitrogens with zero attached hydrogens (tertiary/aromatic N) is 3. The molecule has 174 valence electrons. The summed E-state index contributed by atoms with van der Waals surface area (Å²) in [6, 6.07) is 22.9. The van der Waals surface area contributed by atoms with Gasteiger partial charge in [0, 0.05) is 29.6 Å². The highest BCUT2D eigenvalue weighted by molar-refractivity contribution is 6.30. The maximum Gasteiger partial charge on any atom is 0.227 e. The summed E-state index contributed by atoms with van der Waals surface area (Å²) in [6.07, 6.45) is -0.371. The van der Waals surface area contributed by atoms with E-state index in [2.05, 4.69) is 0 Å². The molecule has 0 bridgehead atoms. The Balaban J connectivity index is 1.37. The van der Waals surface area contributed by atoms with Gasteiger partial charge in [-0.2, -0.15) is 0 Å². The van der Waals surface area contributed by atoms with Crippen LogP contribution in [0, 0.1) is 6.92 Å². The number of benzene rings is 3. The molecule has 1 fully saturated rings. The topological polar surface area (TPSA) is 67.6 Å². The van der Waals surface area contributed by atoms with Crippen molar-refractivity contribution in [3.8, 4) is 5.75 Å². The van der Waals surface area contributed by atoms with Gasteiger partial charge < -0.3 is 19.3 Å². The number of imidazole rings is 1. The molecule has 5 rings (SSSR count). The highest BCUT2D eigenvalue weighted by Gasteiger charge is 2.35. The standard InChI is InChI=1S/C27H26ClN3O3/c1-18-6-12-23(13-7-18)34-17-22(32)16-31-25-5-3-2-4-24(25)29-27(31)19-14-26(33)30(15-19)21-10-8-20(28)9-11-21/h2-13,19,22,32H,14-17H2,1H3/t19-,22+/m0/s1. The third-order valence-corrected chi connectivity index (χ3v) is 6.42. The van der Waals surface area contributed by atoms with Gasteiger partial charge in [-0.3, -0.25) is 4.79 Å². The number of aromatic nitrogens is 2. The van der Waals surface area contributed by atoms with Crippen LogP contribution in [0.4, 0.5) is 5.69 Å². The van der Waals surface area contributed by atoms with Gasteiger partial charge in [0.25, 0.3) is 0 Å². The van der Waals surface area contributed by atoms with E-state index >= 15 is 0 Å². The van der Waals surface area contributed by atoms with Gasteiger partial charge in [-0.05, 0) is 55.5 Å². The van der Waals surface area contributed by atoms with Gasteiger partial charge in [-0.1, -0.05) is 41.4 Å². The molecule has 0 radical (unpaired) electrons. The summed E-state index contributed by atoms with van der Waals surface area (Å²) < 4.78 is 7.82. The molecule has 2 heterocycles. The Kier molecular flexibility index (Phi) is 6.26. The lowest BCUT2D eigenvalue weighted by atomic mass is 10.1. The van der Waals surface area contributed by atoms with Crippen molar-refractivity contribution in [1.82, 2.24) is 9.55 Å². The molecule has 1 amide bonds. The summed E-state index contributed by atoms with van der Waals surface area (Å²) in [5, 5.41) is 11.4. The predicted molar refractivity (Wildman–Crippen MR) is 134 cm³/mol. The fourth-order valence-corrected chi connectivity index (χ4v) is 4.57. The van der Waals surface area contributed by atoms with E-state index in [1.807, 2.05) is 72.2 Å². The molecule has 1 aliphatic heterocycles. The quantitative estimate of drug-likeness (QED) is 0.410. The van der Waals surface area contributed by atoms with Crippen LogP contribution in [0.25, 0.3) is 11.0 Å². The molecular formula is C27H26ClN3O3. The van der Waals surface area contributed by atoms with Crippen molar-refractivity contribution in [2.75, 3.05) is 18.1 Å². The number of aliphatic hydroxyl groups is 1. The van der Waals surface area contributed by atoms with Crippen molar-refractivity contribution in [2.45, 2.75) is 31.9 Å². The van der Waals surface area contributed by atoms with Crippen LogP contribution in [-0.4, -0.2) is 39.8 Å². The summed E-state index contributed by atoms with van der Waals surface area (Å²) in [4.78, 5) is 19.5. The fraction of sp³-hybridized carbons (Fsp3) is 0.259. The molecule has 0 aliphatic carbocycles. The number of amides is 1. The van der Waals surface area contributed by atoms with Crippen molar-refractivity contribution in [1.29, 1.82) is 0 Å². The molecule has 4 aromatic rings. The molecule has 7 heteroatoms. The molecule has 3 aromatic carbocycles. The highest BCUT2D eigenvalue weighted by atomic mass is 35.5. The van der Waals surface area contributed by atoms with Gasteiger partial charge in [0.1, 0.15) is 24.3 Å². The number of carbonyl (C=O) groups excluding carboxylic acids is 1. The number of ether oxygens (including phenoxy) is 1. The minimum Gasteiger partial charge on any atom is -0.491 e.